The Morgan fingerprint density at radius 2 is 1.43 bits per heavy atom. The fourth-order valence-corrected chi connectivity index (χ4v) is 2.63. The maximum Gasteiger partial charge on any atom is 0.123 e. The van der Waals surface area contributed by atoms with Crippen molar-refractivity contribution in [3.05, 3.63) is 28.8 Å². The lowest BCUT2D eigenvalue weighted by atomic mass is 9.78. The van der Waals surface area contributed by atoms with Crippen LogP contribution in [0.15, 0.2) is 12.1 Å². The maximum absolute atomic E-state index is 10.7. The van der Waals surface area contributed by atoms with Crippen LogP contribution < -0.4 is 0 Å². The number of phenols is 1. The third-order valence-corrected chi connectivity index (χ3v) is 3.91. The predicted octanol–water partition coefficient (Wildman–Crippen LogP) is 4.79. The lowest BCUT2D eigenvalue weighted by Gasteiger charge is -2.28. The summed E-state index contributed by atoms with van der Waals surface area (Å²) in [7, 11) is 1.71. The Balaban J connectivity index is 3.04. The van der Waals surface area contributed by atoms with Gasteiger partial charge in [0, 0.05) is 13.0 Å². The van der Waals surface area contributed by atoms with E-state index in [1.165, 1.54) is 0 Å². The van der Waals surface area contributed by atoms with Crippen molar-refractivity contribution in [2.24, 2.45) is 5.92 Å². The van der Waals surface area contributed by atoms with Crippen LogP contribution in [0.5, 0.6) is 5.75 Å². The second kappa shape index (κ2) is 7.67. The van der Waals surface area contributed by atoms with Gasteiger partial charge in [-0.1, -0.05) is 48.5 Å². The highest BCUT2D eigenvalue weighted by Gasteiger charge is 2.26. The van der Waals surface area contributed by atoms with E-state index >= 15 is 0 Å². The van der Waals surface area contributed by atoms with Crippen molar-refractivity contribution >= 4 is 0 Å². The van der Waals surface area contributed by atoms with Crippen molar-refractivity contribution < 1.29 is 14.6 Å². The molecule has 1 atom stereocenters. The number of benzene rings is 1. The minimum absolute atomic E-state index is 0.108. The highest BCUT2D eigenvalue weighted by Crippen LogP contribution is 2.39. The van der Waals surface area contributed by atoms with Crippen molar-refractivity contribution in [2.75, 3.05) is 20.3 Å². The molecule has 3 nitrogen and oxygen atoms in total. The second-order valence-electron chi connectivity index (χ2n) is 8.62. The van der Waals surface area contributed by atoms with E-state index in [9.17, 15) is 5.11 Å². The first-order chi connectivity index (χ1) is 10.5. The average Bonchev–Trinajstić information content (AvgIpc) is 2.38. The first-order valence-electron chi connectivity index (χ1n) is 8.40. The van der Waals surface area contributed by atoms with Crippen molar-refractivity contribution in [3.8, 4) is 5.75 Å². The van der Waals surface area contributed by atoms with Crippen LogP contribution in [0, 0.1) is 5.92 Å². The molecule has 1 rings (SSSR count). The van der Waals surface area contributed by atoms with Gasteiger partial charge < -0.3 is 14.6 Å². The van der Waals surface area contributed by atoms with Crippen LogP contribution in [0.1, 0.15) is 65.2 Å². The molecule has 0 heterocycles. The van der Waals surface area contributed by atoms with Crippen molar-refractivity contribution in [1.82, 2.24) is 0 Å². The molecule has 1 unspecified atom stereocenters. The van der Waals surface area contributed by atoms with Crippen LogP contribution in [-0.2, 0) is 26.9 Å². The zero-order chi connectivity index (χ0) is 17.8. The molecule has 23 heavy (non-hydrogen) atoms. The largest absolute Gasteiger partial charge is 0.507 e. The molecule has 3 heteroatoms. The normalized spacial score (nSPS) is 14.1. The summed E-state index contributed by atoms with van der Waals surface area (Å²) in [4.78, 5) is 0. The Morgan fingerprint density at radius 1 is 0.957 bits per heavy atom. The number of rotatable bonds is 6. The van der Waals surface area contributed by atoms with Gasteiger partial charge in [-0.15, -0.1) is 0 Å². The molecule has 1 N–H and O–H groups in total. The zero-order valence-electron chi connectivity index (χ0n) is 16.1. The molecule has 0 radical (unpaired) electrons. The van der Waals surface area contributed by atoms with Crippen LogP contribution >= 0.6 is 0 Å². The van der Waals surface area contributed by atoms with E-state index < -0.39 is 0 Å². The van der Waals surface area contributed by atoms with Gasteiger partial charge in [0.2, 0.25) is 0 Å². The second-order valence-corrected chi connectivity index (χ2v) is 8.62. The molecule has 0 aromatic heterocycles. The predicted molar refractivity (Wildman–Crippen MR) is 96.2 cm³/mol. The Morgan fingerprint density at radius 3 is 1.83 bits per heavy atom. The summed E-state index contributed by atoms with van der Waals surface area (Å²) >= 11 is 0. The molecule has 0 fully saturated rings. The molecule has 0 spiro atoms. The van der Waals surface area contributed by atoms with Crippen LogP contribution in [0.2, 0.25) is 0 Å². The Kier molecular flexibility index (Phi) is 6.67. The van der Waals surface area contributed by atoms with E-state index in [1.807, 2.05) is 0 Å². The molecule has 0 aliphatic carbocycles. The molecule has 0 saturated carbocycles. The molecular formula is C20H34O3. The molecule has 132 valence electrons. The van der Waals surface area contributed by atoms with E-state index in [2.05, 4.69) is 60.6 Å². The van der Waals surface area contributed by atoms with Gasteiger partial charge in [0.1, 0.15) is 5.75 Å². The Labute approximate surface area is 142 Å². The van der Waals surface area contributed by atoms with Gasteiger partial charge in [-0.3, -0.25) is 0 Å². The third kappa shape index (κ3) is 5.82. The molecule has 0 saturated heterocycles. The van der Waals surface area contributed by atoms with Crippen LogP contribution in [0.4, 0.5) is 0 Å². The quantitative estimate of drug-likeness (QED) is 0.818. The van der Waals surface area contributed by atoms with Crippen LogP contribution in [-0.4, -0.2) is 25.4 Å². The van der Waals surface area contributed by atoms with Gasteiger partial charge in [0.05, 0.1) is 19.8 Å². The SMILES string of the molecule is COCC(C)COCc1cc(C(C)(C)C)c(O)c(C(C)(C)C)c1. The lowest BCUT2D eigenvalue weighted by Crippen LogP contribution is -2.18. The minimum Gasteiger partial charge on any atom is -0.507 e. The van der Waals surface area contributed by atoms with Crippen LogP contribution in [0.3, 0.4) is 0 Å². The summed E-state index contributed by atoms with van der Waals surface area (Å²) in [5.41, 5.74) is 2.86. The number of hydrogen-bond acceptors (Lipinski definition) is 3. The van der Waals surface area contributed by atoms with Crippen molar-refractivity contribution in [1.29, 1.82) is 0 Å². The number of aromatic hydroxyl groups is 1. The van der Waals surface area contributed by atoms with Gasteiger partial charge in [-0.25, -0.2) is 0 Å². The molecule has 0 aliphatic rings. The van der Waals surface area contributed by atoms with E-state index in [4.69, 9.17) is 9.47 Å². The maximum atomic E-state index is 10.7. The summed E-state index contributed by atoms with van der Waals surface area (Å²) in [6.45, 7) is 16.8. The van der Waals surface area contributed by atoms with Gasteiger partial charge in [0.25, 0.3) is 0 Å². The fourth-order valence-electron chi connectivity index (χ4n) is 2.63. The summed E-state index contributed by atoms with van der Waals surface area (Å²) in [5.74, 6) is 0.794. The lowest BCUT2D eigenvalue weighted by molar-refractivity contribution is 0.0560. The van der Waals surface area contributed by atoms with E-state index in [0.29, 0.717) is 31.5 Å². The first kappa shape index (κ1) is 20.0. The third-order valence-electron chi connectivity index (χ3n) is 3.91. The highest BCUT2D eigenvalue weighted by atomic mass is 16.5. The van der Waals surface area contributed by atoms with Crippen LogP contribution in [0.25, 0.3) is 0 Å². The standard InChI is InChI=1S/C20H34O3/c1-14(11-22-8)12-23-13-15-9-16(19(2,3)4)18(21)17(10-15)20(5,6)7/h9-10,14,21H,11-13H2,1-8H3. The molecule has 1 aromatic carbocycles. The monoisotopic (exact) mass is 322 g/mol. The smallest absolute Gasteiger partial charge is 0.123 e. The number of ether oxygens (including phenoxy) is 2. The molecule has 0 aliphatic heterocycles. The van der Waals surface area contributed by atoms with Crippen molar-refractivity contribution in [2.45, 2.75) is 65.9 Å². The summed E-state index contributed by atoms with van der Waals surface area (Å²) in [6.07, 6.45) is 0. The number of phenolic OH excluding ortho intramolecular Hbond substituents is 1. The molecular weight excluding hydrogens is 288 g/mol. The molecule has 0 bridgehead atoms. The van der Waals surface area contributed by atoms with Gasteiger partial charge in [0.15, 0.2) is 0 Å². The molecule has 0 amide bonds. The highest BCUT2D eigenvalue weighted by molar-refractivity contribution is 5.49. The summed E-state index contributed by atoms with van der Waals surface area (Å²) in [5, 5.41) is 10.7. The van der Waals surface area contributed by atoms with E-state index in [-0.39, 0.29) is 10.8 Å². The van der Waals surface area contributed by atoms with Gasteiger partial charge in [-0.2, -0.15) is 0 Å². The topological polar surface area (TPSA) is 38.7 Å². The summed E-state index contributed by atoms with van der Waals surface area (Å²) in [6, 6.07) is 4.15. The van der Waals surface area contributed by atoms with E-state index in [1.54, 1.807) is 7.11 Å². The average molecular weight is 322 g/mol. The minimum atomic E-state index is -0.108. The Bertz CT molecular complexity index is 472. The zero-order valence-corrected chi connectivity index (χ0v) is 16.1. The van der Waals surface area contributed by atoms with E-state index in [0.717, 1.165) is 16.7 Å². The summed E-state index contributed by atoms with van der Waals surface area (Å²) < 4.78 is 11.0. The number of hydrogen-bond donors (Lipinski definition) is 1. The van der Waals surface area contributed by atoms with Gasteiger partial charge in [-0.05, 0) is 39.7 Å². The fraction of sp³-hybridized carbons (Fsp3) is 0.700. The first-order valence-corrected chi connectivity index (χ1v) is 8.40. The Hall–Kier alpha value is -1.06. The number of methoxy groups -OCH3 is 1. The van der Waals surface area contributed by atoms with Gasteiger partial charge >= 0.3 is 0 Å². The van der Waals surface area contributed by atoms with Crippen molar-refractivity contribution in [3.63, 3.8) is 0 Å². The molecule has 1 aromatic rings.